The zero-order valence-electron chi connectivity index (χ0n) is 25.5. The topological polar surface area (TPSA) is 100 Å². The van der Waals surface area contributed by atoms with Gasteiger partial charge in [-0.3, -0.25) is 19.1 Å². The minimum atomic E-state index is -0.600. The monoisotopic (exact) mass is 565 g/mol. The zero-order valence-corrected chi connectivity index (χ0v) is 25.5. The molecule has 1 aromatic rings. The molecule has 1 spiro atoms. The molecule has 0 N–H and O–H groups in total. The molecule has 0 unspecified atom stereocenters. The molecule has 0 aromatic carbocycles. The number of fused-ring (bicyclic) bond motifs is 1. The second-order valence-electron chi connectivity index (χ2n) is 14.5. The van der Waals surface area contributed by atoms with E-state index in [0.717, 1.165) is 51.5 Å². The number of esters is 3. The number of cyclic esters (lactones) is 2. The van der Waals surface area contributed by atoms with E-state index in [1.807, 2.05) is 10.9 Å². The lowest BCUT2D eigenvalue weighted by Crippen LogP contribution is -2.65. The first-order valence-corrected chi connectivity index (χ1v) is 16.1. The number of hydrogen-bond donors (Lipinski definition) is 0. The van der Waals surface area contributed by atoms with Crippen LogP contribution < -0.4 is 0 Å². The van der Waals surface area contributed by atoms with Gasteiger partial charge in [-0.15, -0.1) is 5.10 Å². The Morgan fingerprint density at radius 3 is 2.68 bits per heavy atom. The molecule has 8 nitrogen and oxygen atoms in total. The van der Waals surface area contributed by atoms with Crippen molar-refractivity contribution in [1.29, 1.82) is 0 Å². The molecule has 0 radical (unpaired) electrons. The number of ether oxygens (including phenoxy) is 2. The summed E-state index contributed by atoms with van der Waals surface area (Å²) < 4.78 is 13.1. The van der Waals surface area contributed by atoms with Gasteiger partial charge in [0.25, 0.3) is 0 Å². The molecule has 4 fully saturated rings. The minimum absolute atomic E-state index is 0.0473. The summed E-state index contributed by atoms with van der Waals surface area (Å²) in [6, 6.07) is 0. The van der Waals surface area contributed by atoms with Gasteiger partial charge in [0, 0.05) is 12.0 Å². The summed E-state index contributed by atoms with van der Waals surface area (Å²) in [5, 5.41) is 8.48. The molecule has 224 valence electrons. The Kier molecular flexibility index (Phi) is 7.21. The Balaban J connectivity index is 1.22. The van der Waals surface area contributed by atoms with Crippen molar-refractivity contribution in [1.82, 2.24) is 15.0 Å². The van der Waals surface area contributed by atoms with E-state index >= 15 is 0 Å². The maximum absolute atomic E-state index is 13.9. The van der Waals surface area contributed by atoms with Gasteiger partial charge in [0.15, 0.2) is 0 Å². The zero-order chi connectivity index (χ0) is 29.2. The second kappa shape index (κ2) is 10.3. The molecular formula is C33H47N3O5. The third kappa shape index (κ3) is 4.32. The van der Waals surface area contributed by atoms with Crippen molar-refractivity contribution in [3.63, 3.8) is 0 Å². The van der Waals surface area contributed by atoms with Crippen molar-refractivity contribution < 1.29 is 23.9 Å². The fourth-order valence-corrected chi connectivity index (χ4v) is 10.3. The lowest BCUT2D eigenvalue weighted by atomic mass is 9.34. The molecule has 2 heterocycles. The molecule has 2 bridgehead atoms. The summed E-state index contributed by atoms with van der Waals surface area (Å²) in [6.07, 6.45) is 14.3. The molecule has 6 aliphatic rings. The number of aryl methyl sites for hydroxylation is 1. The first-order chi connectivity index (χ1) is 19.5. The van der Waals surface area contributed by atoms with Gasteiger partial charge >= 0.3 is 17.9 Å². The van der Waals surface area contributed by atoms with E-state index in [1.165, 1.54) is 24.8 Å². The van der Waals surface area contributed by atoms with Crippen LogP contribution >= 0.6 is 0 Å². The minimum Gasteiger partial charge on any atom is -0.459 e. The van der Waals surface area contributed by atoms with E-state index in [0.29, 0.717) is 11.6 Å². The summed E-state index contributed by atoms with van der Waals surface area (Å²) in [6.45, 7) is 12.0. The molecule has 3 saturated carbocycles. The van der Waals surface area contributed by atoms with E-state index < -0.39 is 5.41 Å². The SMILES string of the molecule is CCCCCCn1cc(COC(=O)[C@]2(C)CCC[C@]3(C)[C@H]4C[C@H]5C(C(C)C)=C[C@]4(CC[C@H]32)[C@@H]2C(=O)OC(=O)[C@@H]25)nn1. The van der Waals surface area contributed by atoms with Gasteiger partial charge in [-0.1, -0.05) is 70.2 Å². The Morgan fingerprint density at radius 2 is 1.93 bits per heavy atom. The second-order valence-corrected chi connectivity index (χ2v) is 14.5. The summed E-state index contributed by atoms with van der Waals surface area (Å²) in [4.78, 5) is 40.0. The third-order valence-electron chi connectivity index (χ3n) is 12.1. The fourth-order valence-electron chi connectivity index (χ4n) is 10.3. The highest BCUT2D eigenvalue weighted by atomic mass is 16.6. The van der Waals surface area contributed by atoms with Crippen LogP contribution in [0.4, 0.5) is 0 Å². The normalized spacial score (nSPS) is 39.2. The van der Waals surface area contributed by atoms with Gasteiger partial charge in [-0.05, 0) is 74.5 Å². The van der Waals surface area contributed by atoms with E-state index in [2.05, 4.69) is 51.0 Å². The fraction of sp³-hybridized carbons (Fsp3) is 0.788. The molecule has 5 aliphatic carbocycles. The Labute approximate surface area is 244 Å². The van der Waals surface area contributed by atoms with Gasteiger partial charge in [-0.25, -0.2) is 0 Å². The Bertz CT molecular complexity index is 1250. The van der Waals surface area contributed by atoms with Gasteiger partial charge in [-0.2, -0.15) is 0 Å². The van der Waals surface area contributed by atoms with Crippen molar-refractivity contribution in [3.8, 4) is 0 Å². The number of nitrogens with zero attached hydrogens (tertiary/aromatic N) is 3. The van der Waals surface area contributed by atoms with Crippen LogP contribution in [0.25, 0.3) is 0 Å². The number of hydrogen-bond acceptors (Lipinski definition) is 7. The molecular weight excluding hydrogens is 518 g/mol. The molecule has 0 amide bonds. The van der Waals surface area contributed by atoms with Crippen LogP contribution in [-0.4, -0.2) is 32.9 Å². The lowest BCUT2D eigenvalue weighted by molar-refractivity contribution is -0.199. The predicted octanol–water partition coefficient (Wildman–Crippen LogP) is 6.04. The predicted molar refractivity (Wildman–Crippen MR) is 152 cm³/mol. The number of rotatable bonds is 9. The van der Waals surface area contributed by atoms with Crippen molar-refractivity contribution >= 4 is 17.9 Å². The number of allylic oxidation sites excluding steroid dienone is 2. The Morgan fingerprint density at radius 1 is 1.12 bits per heavy atom. The quantitative estimate of drug-likeness (QED) is 0.156. The van der Waals surface area contributed by atoms with Gasteiger partial charge < -0.3 is 9.47 Å². The highest BCUT2D eigenvalue weighted by Gasteiger charge is 2.73. The maximum atomic E-state index is 13.9. The van der Waals surface area contributed by atoms with E-state index in [4.69, 9.17) is 9.47 Å². The first-order valence-electron chi connectivity index (χ1n) is 16.1. The smallest absolute Gasteiger partial charge is 0.318 e. The molecule has 1 aromatic heterocycles. The molecule has 7 rings (SSSR count). The number of carbonyl (C=O) groups excluding carboxylic acids is 3. The largest absolute Gasteiger partial charge is 0.459 e. The van der Waals surface area contributed by atoms with E-state index in [-0.39, 0.29) is 64.9 Å². The lowest BCUT2D eigenvalue weighted by Gasteiger charge is -2.68. The van der Waals surface area contributed by atoms with Crippen LogP contribution in [0.5, 0.6) is 0 Å². The van der Waals surface area contributed by atoms with Crippen molar-refractivity contribution in [2.75, 3.05) is 0 Å². The third-order valence-corrected chi connectivity index (χ3v) is 12.1. The summed E-state index contributed by atoms with van der Waals surface area (Å²) in [5.74, 6) is -0.758. The van der Waals surface area contributed by atoms with Crippen LogP contribution in [0.3, 0.4) is 0 Å². The molecule has 1 aliphatic heterocycles. The van der Waals surface area contributed by atoms with Crippen LogP contribution in [-0.2, 0) is 37.0 Å². The van der Waals surface area contributed by atoms with Crippen molar-refractivity contribution in [2.24, 2.45) is 51.8 Å². The van der Waals surface area contributed by atoms with E-state index in [9.17, 15) is 14.4 Å². The van der Waals surface area contributed by atoms with Gasteiger partial charge in [0.1, 0.15) is 12.3 Å². The molecule has 1 saturated heterocycles. The first kappa shape index (κ1) is 28.6. The van der Waals surface area contributed by atoms with Crippen LogP contribution in [0, 0.1) is 51.8 Å². The summed E-state index contributed by atoms with van der Waals surface area (Å²) in [7, 11) is 0. The highest BCUT2D eigenvalue weighted by molar-refractivity contribution is 5.98. The number of carbonyl (C=O) groups is 3. The van der Waals surface area contributed by atoms with Crippen LogP contribution in [0.2, 0.25) is 0 Å². The maximum Gasteiger partial charge on any atom is 0.318 e. The average Bonchev–Trinajstić information content (AvgIpc) is 3.53. The molecule has 8 atom stereocenters. The number of unbranched alkanes of at least 4 members (excludes halogenated alkanes) is 3. The standard InChI is InChI=1S/C33H47N3O5/c1-6-7-8-9-15-36-18-21(34-35-36)19-40-30(39)32(5)13-10-12-31(4)24(32)11-14-33-17-23(20(2)3)22(16-25(31)33)26-27(33)29(38)41-28(26)37/h17-18,20,22,24-27H,6-16,19H2,1-5H3/t22-,24+,25+,26+,27-,31-,32+,33-/m0/s1. The molecule has 41 heavy (non-hydrogen) atoms. The Hall–Kier alpha value is -2.51. The summed E-state index contributed by atoms with van der Waals surface area (Å²) in [5.41, 5.74) is 0.917. The van der Waals surface area contributed by atoms with Crippen molar-refractivity contribution in [2.45, 2.75) is 112 Å². The van der Waals surface area contributed by atoms with E-state index in [1.54, 1.807) is 0 Å². The van der Waals surface area contributed by atoms with Crippen LogP contribution in [0.15, 0.2) is 17.8 Å². The van der Waals surface area contributed by atoms with Crippen molar-refractivity contribution in [3.05, 3.63) is 23.5 Å². The van der Waals surface area contributed by atoms with Gasteiger partial charge in [0.05, 0.1) is 23.4 Å². The molecule has 8 heteroatoms. The average molecular weight is 566 g/mol. The van der Waals surface area contributed by atoms with Gasteiger partial charge in [0.2, 0.25) is 0 Å². The number of aromatic nitrogens is 3. The summed E-state index contributed by atoms with van der Waals surface area (Å²) >= 11 is 0. The van der Waals surface area contributed by atoms with Crippen LogP contribution in [0.1, 0.15) is 105 Å². The highest BCUT2D eigenvalue weighted by Crippen LogP contribution is 2.74.